The number of ether oxygens (including phenoxy) is 3. The molecule has 6 nitrogen and oxygen atoms in total. The van der Waals surface area contributed by atoms with Crippen LogP contribution in [0, 0.1) is 0 Å². The molecule has 5 aromatic rings. The summed E-state index contributed by atoms with van der Waals surface area (Å²) in [7, 11) is 1.45. The van der Waals surface area contributed by atoms with Gasteiger partial charge in [0.05, 0.1) is 29.5 Å². The molecule has 3 heterocycles. The van der Waals surface area contributed by atoms with E-state index in [0.29, 0.717) is 6.73 Å². The fraction of sp³-hybridized carbons (Fsp3) is 0.324. The van der Waals surface area contributed by atoms with E-state index in [1.165, 1.54) is 29.2 Å². The minimum Gasteiger partial charge on any atom is -0.452 e. The summed E-state index contributed by atoms with van der Waals surface area (Å²) in [5, 5.41) is 2.29. The highest BCUT2D eigenvalue weighted by molar-refractivity contribution is 6.04. The largest absolute Gasteiger partial charge is 0.452 e. The first-order valence-corrected chi connectivity index (χ1v) is 14.3. The van der Waals surface area contributed by atoms with Gasteiger partial charge in [0.25, 0.3) is 0 Å². The van der Waals surface area contributed by atoms with E-state index in [2.05, 4.69) is 78.2 Å². The van der Waals surface area contributed by atoms with Gasteiger partial charge in [0.2, 0.25) is 0 Å². The number of carbonyl (C=O) groups is 1. The van der Waals surface area contributed by atoms with Crippen molar-refractivity contribution in [2.24, 2.45) is 0 Å². The van der Waals surface area contributed by atoms with Gasteiger partial charge in [-0.05, 0) is 66.3 Å². The highest BCUT2D eigenvalue weighted by Crippen LogP contribution is 2.54. The second-order valence-corrected chi connectivity index (χ2v) is 11.0. The minimum atomic E-state index is -0.384. The quantitative estimate of drug-likeness (QED) is 0.231. The van der Waals surface area contributed by atoms with E-state index in [0.717, 1.165) is 60.1 Å². The van der Waals surface area contributed by atoms with Gasteiger partial charge in [0, 0.05) is 17.4 Å². The summed E-state index contributed by atoms with van der Waals surface area (Å²) in [6.07, 6.45) is 3.34. The van der Waals surface area contributed by atoms with E-state index < -0.39 is 0 Å². The molecule has 3 atom stereocenters. The number of nitrogens with zero attached hydrogens (tertiary/aromatic N) is 2. The normalized spacial score (nSPS) is 20.4. The smallest absolute Gasteiger partial charge is 0.418 e. The monoisotopic (exact) mass is 534 g/mol. The molecule has 1 fully saturated rings. The van der Waals surface area contributed by atoms with Crippen molar-refractivity contribution in [3.8, 4) is 11.4 Å². The summed E-state index contributed by atoms with van der Waals surface area (Å²) >= 11 is 0. The van der Waals surface area contributed by atoms with Crippen LogP contribution in [0.2, 0.25) is 0 Å². The zero-order valence-corrected chi connectivity index (χ0v) is 23.0. The molecule has 6 heteroatoms. The lowest BCUT2D eigenvalue weighted by molar-refractivity contribution is -0.179. The predicted molar refractivity (Wildman–Crippen MR) is 157 cm³/mol. The lowest BCUT2D eigenvalue weighted by Crippen LogP contribution is -2.25. The first-order valence-electron chi connectivity index (χ1n) is 14.3. The third-order valence-electron chi connectivity index (χ3n) is 8.76. The van der Waals surface area contributed by atoms with Crippen molar-refractivity contribution in [3.63, 3.8) is 0 Å². The maximum Gasteiger partial charge on any atom is 0.418 e. The molecule has 7 rings (SSSR count). The average Bonchev–Trinajstić information content (AvgIpc) is 3.52. The van der Waals surface area contributed by atoms with Crippen molar-refractivity contribution < 1.29 is 19.0 Å². The van der Waals surface area contributed by atoms with E-state index in [4.69, 9.17) is 14.2 Å². The van der Waals surface area contributed by atoms with Crippen molar-refractivity contribution in [3.05, 3.63) is 95.6 Å². The van der Waals surface area contributed by atoms with Crippen molar-refractivity contribution in [2.75, 3.05) is 13.7 Å². The van der Waals surface area contributed by atoms with Crippen LogP contribution in [0.1, 0.15) is 54.7 Å². The third kappa shape index (κ3) is 3.97. The first kappa shape index (κ1) is 25.1. The Labute approximate surface area is 234 Å². The van der Waals surface area contributed by atoms with Gasteiger partial charge in [-0.1, -0.05) is 73.7 Å². The van der Waals surface area contributed by atoms with E-state index in [1.54, 1.807) is 4.57 Å². The number of para-hydroxylation sites is 2. The maximum atomic E-state index is 13.5. The van der Waals surface area contributed by atoms with Crippen LogP contribution < -0.4 is 0 Å². The SMILES string of the molecule is COC(=O)n1c2c(c3ccccc31)C(Cc1ccccc1)C(C)c1c-2n(COC2CCCCO2)c2ccccc12. The van der Waals surface area contributed by atoms with Crippen LogP contribution in [-0.2, 0) is 27.4 Å². The van der Waals surface area contributed by atoms with Gasteiger partial charge in [-0.2, -0.15) is 0 Å². The van der Waals surface area contributed by atoms with Crippen molar-refractivity contribution >= 4 is 27.9 Å². The zero-order chi connectivity index (χ0) is 27.2. The van der Waals surface area contributed by atoms with Gasteiger partial charge in [0.1, 0.15) is 6.73 Å². The van der Waals surface area contributed by atoms with Crippen LogP contribution in [0.3, 0.4) is 0 Å². The van der Waals surface area contributed by atoms with Crippen LogP contribution in [0.4, 0.5) is 4.79 Å². The van der Waals surface area contributed by atoms with Gasteiger partial charge >= 0.3 is 6.09 Å². The van der Waals surface area contributed by atoms with Crippen LogP contribution in [0.5, 0.6) is 0 Å². The lowest BCUT2D eigenvalue weighted by atomic mass is 9.72. The predicted octanol–water partition coefficient (Wildman–Crippen LogP) is 7.82. The number of hydrogen-bond donors (Lipinski definition) is 0. The molecule has 0 spiro atoms. The Kier molecular flexibility index (Phi) is 6.45. The Morgan fingerprint density at radius 2 is 1.57 bits per heavy atom. The Balaban J connectivity index is 1.50. The fourth-order valence-corrected chi connectivity index (χ4v) is 6.93. The van der Waals surface area contributed by atoms with Crippen molar-refractivity contribution in [1.82, 2.24) is 9.13 Å². The molecule has 2 aliphatic rings. The zero-order valence-electron chi connectivity index (χ0n) is 23.0. The van der Waals surface area contributed by atoms with Crippen LogP contribution >= 0.6 is 0 Å². The number of hydrogen-bond acceptors (Lipinski definition) is 4. The maximum absolute atomic E-state index is 13.5. The van der Waals surface area contributed by atoms with E-state index in [1.807, 2.05) is 12.1 Å². The molecule has 0 N–H and O–H groups in total. The van der Waals surface area contributed by atoms with E-state index in [9.17, 15) is 4.79 Å². The summed E-state index contributed by atoms with van der Waals surface area (Å²) < 4.78 is 21.7. The molecule has 0 radical (unpaired) electrons. The van der Waals surface area contributed by atoms with Crippen LogP contribution in [0.25, 0.3) is 33.2 Å². The number of rotatable bonds is 5. The van der Waals surface area contributed by atoms with Gasteiger partial charge in [0.15, 0.2) is 6.29 Å². The number of methoxy groups -OCH3 is 1. The molecule has 0 saturated carbocycles. The summed E-state index contributed by atoms with van der Waals surface area (Å²) in [6.45, 7) is 3.41. The molecule has 0 amide bonds. The Morgan fingerprint density at radius 1 is 0.875 bits per heavy atom. The highest BCUT2D eigenvalue weighted by atomic mass is 16.7. The van der Waals surface area contributed by atoms with Gasteiger partial charge in [-0.25, -0.2) is 9.36 Å². The Bertz CT molecular complexity index is 1690. The molecule has 1 aliphatic carbocycles. The lowest BCUT2D eigenvalue weighted by Gasteiger charge is -2.32. The van der Waals surface area contributed by atoms with Crippen LogP contribution in [0.15, 0.2) is 78.9 Å². The Morgan fingerprint density at radius 3 is 2.30 bits per heavy atom. The fourth-order valence-electron chi connectivity index (χ4n) is 6.93. The van der Waals surface area contributed by atoms with Gasteiger partial charge < -0.3 is 18.8 Å². The van der Waals surface area contributed by atoms with Crippen molar-refractivity contribution in [1.29, 1.82) is 0 Å². The summed E-state index contributed by atoms with van der Waals surface area (Å²) in [5.74, 6) is 0.374. The molecular weight excluding hydrogens is 500 g/mol. The standard InChI is InChI=1S/C34H34N2O4/c1-22-26(20-23-12-4-3-5-13-23)31-25-15-7-9-17-28(25)36(34(37)38-2)33(31)32-30(22)24-14-6-8-16-27(24)35(32)21-40-29-18-10-11-19-39-29/h3-9,12-17,22,26,29H,10-11,18-21H2,1-2H3. The molecule has 2 aromatic heterocycles. The molecule has 3 unspecified atom stereocenters. The topological polar surface area (TPSA) is 54.6 Å². The van der Waals surface area contributed by atoms with Crippen LogP contribution in [-0.4, -0.2) is 35.2 Å². The van der Waals surface area contributed by atoms with Crippen molar-refractivity contribution in [2.45, 2.75) is 57.5 Å². The third-order valence-corrected chi connectivity index (χ3v) is 8.76. The summed E-state index contributed by atoms with van der Waals surface area (Å²) in [5.41, 5.74) is 7.64. The number of aromatic nitrogens is 2. The number of fused-ring (bicyclic) bond motifs is 7. The average molecular weight is 535 g/mol. The second-order valence-electron chi connectivity index (χ2n) is 11.0. The van der Waals surface area contributed by atoms with E-state index in [-0.39, 0.29) is 24.2 Å². The molecule has 1 aliphatic heterocycles. The molecular formula is C34H34N2O4. The van der Waals surface area contributed by atoms with Gasteiger partial charge in [-0.3, -0.25) is 0 Å². The minimum absolute atomic E-state index is 0.169. The highest BCUT2D eigenvalue weighted by Gasteiger charge is 2.41. The molecule has 204 valence electrons. The summed E-state index contributed by atoms with van der Waals surface area (Å²) in [6, 6.07) is 27.4. The molecule has 40 heavy (non-hydrogen) atoms. The number of benzene rings is 3. The van der Waals surface area contributed by atoms with E-state index >= 15 is 0 Å². The molecule has 0 bridgehead atoms. The molecule has 1 saturated heterocycles. The van der Waals surface area contributed by atoms with Gasteiger partial charge in [-0.15, -0.1) is 0 Å². The second kappa shape index (κ2) is 10.3. The first-order chi connectivity index (χ1) is 19.7. The molecule has 3 aromatic carbocycles. The summed E-state index contributed by atoms with van der Waals surface area (Å²) in [4.78, 5) is 13.5. The number of carbonyl (C=O) groups excluding carboxylic acids is 1. The Hall–Kier alpha value is -3.87.